The normalized spacial score (nSPS) is 11.4. The van der Waals surface area contributed by atoms with E-state index >= 15 is 0 Å². The highest BCUT2D eigenvalue weighted by molar-refractivity contribution is 5.77. The first kappa shape index (κ1) is 27.1. The van der Waals surface area contributed by atoms with Crippen LogP contribution < -0.4 is 4.90 Å². The van der Waals surface area contributed by atoms with Crippen LogP contribution in [0.5, 0.6) is 11.5 Å². The van der Waals surface area contributed by atoms with Gasteiger partial charge in [0.2, 0.25) is 0 Å². The van der Waals surface area contributed by atoms with E-state index in [4.69, 9.17) is 0 Å². The van der Waals surface area contributed by atoms with E-state index in [1.165, 1.54) is 16.7 Å². The lowest BCUT2D eigenvalue weighted by Gasteiger charge is -2.31. The molecule has 0 aliphatic rings. The van der Waals surface area contributed by atoms with Gasteiger partial charge in [0.05, 0.1) is 0 Å². The third kappa shape index (κ3) is 5.89. The van der Waals surface area contributed by atoms with E-state index in [0.29, 0.717) is 0 Å². The van der Waals surface area contributed by atoms with Crippen LogP contribution in [0, 0.1) is 6.92 Å². The van der Waals surface area contributed by atoms with Crippen molar-refractivity contribution in [1.82, 2.24) is 0 Å². The third-order valence-electron chi connectivity index (χ3n) is 7.98. The van der Waals surface area contributed by atoms with E-state index in [2.05, 4.69) is 98.5 Å². The Bertz CT molecular complexity index is 1490. The van der Waals surface area contributed by atoms with Gasteiger partial charge in [-0.2, -0.15) is 0 Å². The average molecular weight is 528 g/mol. The molecule has 40 heavy (non-hydrogen) atoms. The fourth-order valence-corrected chi connectivity index (χ4v) is 5.41. The van der Waals surface area contributed by atoms with Crippen LogP contribution in [-0.4, -0.2) is 10.2 Å². The summed E-state index contributed by atoms with van der Waals surface area (Å²) >= 11 is 0. The number of hydrogen-bond acceptors (Lipinski definition) is 3. The summed E-state index contributed by atoms with van der Waals surface area (Å²) in [4.78, 5) is 2.31. The summed E-state index contributed by atoms with van der Waals surface area (Å²) in [7, 11) is 0. The molecule has 0 saturated carbocycles. The highest BCUT2D eigenvalue weighted by atomic mass is 16.3. The van der Waals surface area contributed by atoms with Gasteiger partial charge >= 0.3 is 0 Å². The lowest BCUT2D eigenvalue weighted by molar-refractivity contribution is 0.470. The Balaban J connectivity index is 1.43. The van der Waals surface area contributed by atoms with Gasteiger partial charge in [-0.3, -0.25) is 0 Å². The number of phenolic OH excluding ortho intramolecular Hbond substituents is 2. The van der Waals surface area contributed by atoms with Crippen LogP contribution in [0.15, 0.2) is 121 Å². The van der Waals surface area contributed by atoms with Gasteiger partial charge in [0.15, 0.2) is 0 Å². The lowest BCUT2D eigenvalue weighted by Crippen LogP contribution is -2.24. The van der Waals surface area contributed by atoms with E-state index in [0.717, 1.165) is 47.5 Å². The van der Waals surface area contributed by atoms with E-state index in [1.807, 2.05) is 24.3 Å². The highest BCUT2D eigenvalue weighted by Crippen LogP contribution is 2.39. The molecule has 0 aliphatic heterocycles. The van der Waals surface area contributed by atoms with E-state index in [-0.39, 0.29) is 16.9 Å². The molecular weight excluding hydrogens is 490 g/mol. The molecule has 0 fully saturated rings. The van der Waals surface area contributed by atoms with Gasteiger partial charge in [0, 0.05) is 22.5 Å². The topological polar surface area (TPSA) is 43.7 Å². The van der Waals surface area contributed by atoms with Gasteiger partial charge in [-0.15, -0.1) is 0 Å². The zero-order chi connectivity index (χ0) is 28.1. The van der Waals surface area contributed by atoms with E-state index < -0.39 is 0 Å². The van der Waals surface area contributed by atoms with Crippen molar-refractivity contribution in [1.29, 1.82) is 0 Å². The van der Waals surface area contributed by atoms with Crippen LogP contribution in [-0.2, 0) is 18.3 Å². The highest BCUT2D eigenvalue weighted by Gasteiger charge is 2.29. The van der Waals surface area contributed by atoms with Gasteiger partial charge < -0.3 is 15.1 Å². The Labute approximate surface area is 238 Å². The monoisotopic (exact) mass is 527 g/mol. The van der Waals surface area contributed by atoms with Gasteiger partial charge in [-0.05, 0) is 115 Å². The second-order valence-corrected chi connectivity index (χ2v) is 10.8. The number of rotatable bonds is 9. The molecule has 3 nitrogen and oxygen atoms in total. The third-order valence-corrected chi connectivity index (χ3v) is 7.98. The van der Waals surface area contributed by atoms with Crippen LogP contribution in [0.25, 0.3) is 0 Å². The molecule has 0 aliphatic carbocycles. The first-order chi connectivity index (χ1) is 19.4. The van der Waals surface area contributed by atoms with E-state index in [1.54, 1.807) is 24.3 Å². The van der Waals surface area contributed by atoms with Crippen molar-refractivity contribution >= 4 is 17.1 Å². The molecule has 2 N–H and O–H groups in total. The van der Waals surface area contributed by atoms with E-state index in [9.17, 15) is 10.2 Å². The molecular formula is C37H37NO2. The maximum Gasteiger partial charge on any atom is 0.115 e. The molecule has 3 heteroatoms. The summed E-state index contributed by atoms with van der Waals surface area (Å²) in [6, 6.07) is 41.3. The van der Waals surface area contributed by atoms with Crippen LogP contribution in [0.2, 0.25) is 0 Å². The first-order valence-electron chi connectivity index (χ1n) is 14.0. The number of aryl methyl sites for hydroxylation is 3. The van der Waals surface area contributed by atoms with Crippen LogP contribution in [0.4, 0.5) is 17.1 Å². The van der Waals surface area contributed by atoms with Gasteiger partial charge in [-0.25, -0.2) is 0 Å². The SMILES string of the molecule is CCc1ccc(N(c2ccc(CCC(C)(c3ccc(O)cc3)c3ccc(O)cc3)cc2)c2cccc(C)c2)cc1. The Morgan fingerprint density at radius 3 is 1.57 bits per heavy atom. The number of aromatic hydroxyl groups is 2. The Kier molecular flexibility index (Phi) is 7.93. The van der Waals surface area contributed by atoms with Crippen LogP contribution >= 0.6 is 0 Å². The number of nitrogens with zero attached hydrogens (tertiary/aromatic N) is 1. The molecule has 202 valence electrons. The zero-order valence-corrected chi connectivity index (χ0v) is 23.5. The van der Waals surface area contributed by atoms with Crippen molar-refractivity contribution in [2.75, 3.05) is 4.90 Å². The minimum atomic E-state index is -0.283. The quantitative estimate of drug-likeness (QED) is 0.201. The smallest absolute Gasteiger partial charge is 0.115 e. The van der Waals surface area contributed by atoms with Crippen molar-refractivity contribution in [3.05, 3.63) is 149 Å². The summed E-state index contributed by atoms with van der Waals surface area (Å²) in [6.45, 7) is 6.55. The molecule has 0 amide bonds. The summed E-state index contributed by atoms with van der Waals surface area (Å²) in [5.41, 5.74) is 9.21. The zero-order valence-electron chi connectivity index (χ0n) is 23.5. The Hall–Kier alpha value is -4.50. The molecule has 5 aromatic carbocycles. The predicted octanol–water partition coefficient (Wildman–Crippen LogP) is 9.38. The van der Waals surface area contributed by atoms with Crippen molar-refractivity contribution in [2.45, 2.75) is 45.4 Å². The Morgan fingerprint density at radius 2 is 1.10 bits per heavy atom. The standard InChI is InChI=1S/C37H37NO2/c1-4-28-8-16-32(17-9-28)38(34-7-5-6-27(2)26-34)33-18-10-29(11-19-33)24-25-37(3,30-12-20-35(39)21-13-30)31-14-22-36(40)23-15-31/h5-23,26,39-40H,4,24-25H2,1-3H3. The molecule has 5 aromatic rings. The van der Waals surface area contributed by atoms with Crippen LogP contribution in [0.1, 0.15) is 48.1 Å². The molecule has 0 unspecified atom stereocenters. The molecule has 0 radical (unpaired) electrons. The number of benzene rings is 5. The average Bonchev–Trinajstić information content (AvgIpc) is 2.98. The van der Waals surface area contributed by atoms with Gasteiger partial charge in [-0.1, -0.05) is 74.5 Å². The van der Waals surface area contributed by atoms with Crippen molar-refractivity contribution in [3.8, 4) is 11.5 Å². The summed E-state index contributed by atoms with van der Waals surface area (Å²) in [5.74, 6) is 0.518. The second-order valence-electron chi connectivity index (χ2n) is 10.8. The largest absolute Gasteiger partial charge is 0.508 e. The van der Waals surface area contributed by atoms with Gasteiger partial charge in [0.1, 0.15) is 11.5 Å². The molecule has 0 heterocycles. The van der Waals surface area contributed by atoms with Crippen molar-refractivity contribution < 1.29 is 10.2 Å². The summed E-state index contributed by atoms with van der Waals surface area (Å²) < 4.78 is 0. The lowest BCUT2D eigenvalue weighted by atomic mass is 9.72. The first-order valence-corrected chi connectivity index (χ1v) is 14.0. The fraction of sp³-hybridized carbons (Fsp3) is 0.189. The molecule has 0 atom stereocenters. The molecule has 0 saturated heterocycles. The summed E-state index contributed by atoms with van der Waals surface area (Å²) in [5, 5.41) is 19.8. The molecule has 0 aromatic heterocycles. The number of anilines is 3. The second kappa shape index (κ2) is 11.7. The minimum Gasteiger partial charge on any atom is -0.508 e. The Morgan fingerprint density at radius 1 is 0.600 bits per heavy atom. The minimum absolute atomic E-state index is 0.259. The van der Waals surface area contributed by atoms with Gasteiger partial charge in [0.25, 0.3) is 0 Å². The number of hydrogen-bond donors (Lipinski definition) is 2. The predicted molar refractivity (Wildman–Crippen MR) is 166 cm³/mol. The molecule has 0 spiro atoms. The van der Waals surface area contributed by atoms with Crippen LogP contribution in [0.3, 0.4) is 0 Å². The molecule has 5 rings (SSSR count). The maximum atomic E-state index is 9.88. The molecule has 0 bridgehead atoms. The fourth-order valence-electron chi connectivity index (χ4n) is 5.41. The maximum absolute atomic E-state index is 9.88. The van der Waals surface area contributed by atoms with Crippen molar-refractivity contribution in [3.63, 3.8) is 0 Å². The van der Waals surface area contributed by atoms with Crippen molar-refractivity contribution in [2.24, 2.45) is 0 Å². The number of phenols is 2. The summed E-state index contributed by atoms with van der Waals surface area (Å²) in [6.07, 6.45) is 2.78.